The second-order valence-corrected chi connectivity index (χ2v) is 7.37. The number of benzene rings is 2. The van der Waals surface area contributed by atoms with Crippen LogP contribution in [0.2, 0.25) is 0 Å². The molecule has 0 atom stereocenters. The van der Waals surface area contributed by atoms with Gasteiger partial charge >= 0.3 is 0 Å². The Morgan fingerprint density at radius 2 is 1.93 bits per heavy atom. The first-order chi connectivity index (χ1) is 14.7. The van der Waals surface area contributed by atoms with Crippen LogP contribution >= 0.6 is 12.2 Å². The van der Waals surface area contributed by atoms with Crippen LogP contribution in [0.1, 0.15) is 49.6 Å². The van der Waals surface area contributed by atoms with Crippen molar-refractivity contribution >= 4 is 18.4 Å². The predicted molar refractivity (Wildman–Crippen MR) is 122 cm³/mol. The van der Waals surface area contributed by atoms with Crippen molar-refractivity contribution in [3.8, 4) is 11.5 Å². The van der Waals surface area contributed by atoms with Gasteiger partial charge in [0.15, 0.2) is 17.3 Å². The number of hydrogen-bond acceptors (Lipinski definition) is 5. The van der Waals surface area contributed by atoms with E-state index in [0.29, 0.717) is 23.5 Å². The van der Waals surface area contributed by atoms with Crippen molar-refractivity contribution < 1.29 is 9.47 Å². The third kappa shape index (κ3) is 6.03. The van der Waals surface area contributed by atoms with Crippen LogP contribution in [0.3, 0.4) is 0 Å². The van der Waals surface area contributed by atoms with Crippen molar-refractivity contribution in [3.63, 3.8) is 0 Å². The number of ether oxygens (including phenoxy) is 2. The molecule has 6 nitrogen and oxygen atoms in total. The zero-order valence-electron chi connectivity index (χ0n) is 17.5. The summed E-state index contributed by atoms with van der Waals surface area (Å²) in [5.74, 6) is 2.19. The largest absolute Gasteiger partial charge is 0.493 e. The Hall–Kier alpha value is -2.93. The first kappa shape index (κ1) is 21.8. The summed E-state index contributed by atoms with van der Waals surface area (Å²) in [6, 6.07) is 15.9. The van der Waals surface area contributed by atoms with E-state index in [1.54, 1.807) is 18.0 Å². The van der Waals surface area contributed by atoms with E-state index in [2.05, 4.69) is 34.4 Å². The highest BCUT2D eigenvalue weighted by Gasteiger charge is 2.08. The van der Waals surface area contributed by atoms with Gasteiger partial charge in [0.25, 0.3) is 0 Å². The van der Waals surface area contributed by atoms with E-state index in [-0.39, 0.29) is 0 Å². The lowest BCUT2D eigenvalue weighted by Gasteiger charge is -2.11. The van der Waals surface area contributed by atoms with E-state index in [1.807, 2.05) is 36.4 Å². The lowest BCUT2D eigenvalue weighted by molar-refractivity contribution is 0.285. The minimum Gasteiger partial charge on any atom is -0.493 e. The predicted octanol–water partition coefficient (Wildman–Crippen LogP) is 5.38. The molecule has 0 bridgehead atoms. The van der Waals surface area contributed by atoms with Crippen molar-refractivity contribution in [1.29, 1.82) is 0 Å². The molecule has 0 aliphatic carbocycles. The molecule has 0 saturated carbocycles. The number of nitrogens with zero attached hydrogens (tertiary/aromatic N) is 3. The zero-order chi connectivity index (χ0) is 21.2. The highest BCUT2D eigenvalue weighted by molar-refractivity contribution is 7.71. The Balaban J connectivity index is 1.70. The molecule has 1 N–H and O–H groups in total. The molecule has 0 spiro atoms. The molecule has 30 heavy (non-hydrogen) atoms. The van der Waals surface area contributed by atoms with Gasteiger partial charge in [0, 0.05) is 6.42 Å². The van der Waals surface area contributed by atoms with Crippen LogP contribution in [-0.4, -0.2) is 34.8 Å². The van der Waals surface area contributed by atoms with Crippen LogP contribution < -0.4 is 9.47 Å². The van der Waals surface area contributed by atoms with E-state index in [4.69, 9.17) is 21.7 Å². The van der Waals surface area contributed by atoms with E-state index < -0.39 is 0 Å². The Morgan fingerprint density at radius 1 is 1.10 bits per heavy atom. The third-order valence-electron chi connectivity index (χ3n) is 4.69. The Bertz CT molecular complexity index is 1010. The smallest absolute Gasteiger partial charge is 0.216 e. The van der Waals surface area contributed by atoms with Crippen molar-refractivity contribution in [2.24, 2.45) is 5.10 Å². The van der Waals surface area contributed by atoms with Gasteiger partial charge in [-0.2, -0.15) is 14.9 Å². The highest BCUT2D eigenvalue weighted by atomic mass is 32.1. The maximum atomic E-state index is 5.88. The zero-order valence-corrected chi connectivity index (χ0v) is 18.3. The van der Waals surface area contributed by atoms with Gasteiger partial charge < -0.3 is 9.47 Å². The average molecular weight is 425 g/mol. The van der Waals surface area contributed by atoms with E-state index in [9.17, 15) is 0 Å². The van der Waals surface area contributed by atoms with Crippen LogP contribution in [-0.2, 0) is 6.42 Å². The lowest BCUT2D eigenvalue weighted by Crippen LogP contribution is -2.01. The van der Waals surface area contributed by atoms with Crippen molar-refractivity contribution in [3.05, 3.63) is 70.3 Å². The first-order valence-electron chi connectivity index (χ1n) is 10.3. The standard InChI is InChI=1S/C23H28N4O2S/c1-3-4-5-9-14-29-20-13-12-19(15-21(20)28-2)17-24-27-22(25-26-23(27)30)16-18-10-7-6-8-11-18/h6-8,10-13,15,17H,3-5,9,14,16H2,1-2H3,(H,26,30)/b24-17-. The van der Waals surface area contributed by atoms with Crippen molar-refractivity contribution in [2.75, 3.05) is 13.7 Å². The SMILES string of the molecule is CCCCCCOc1ccc(/C=N\n2c(Cc3ccccc3)n[nH]c2=S)cc1OC. The fourth-order valence-electron chi connectivity index (χ4n) is 3.06. The molecule has 1 aromatic heterocycles. The molecular formula is C23H28N4O2S. The van der Waals surface area contributed by atoms with Crippen LogP contribution in [0.5, 0.6) is 11.5 Å². The number of H-pyrrole nitrogens is 1. The van der Waals surface area contributed by atoms with Gasteiger partial charge in [-0.15, -0.1) is 0 Å². The summed E-state index contributed by atoms with van der Waals surface area (Å²) >= 11 is 5.34. The molecule has 0 fully saturated rings. The van der Waals surface area contributed by atoms with Crippen LogP contribution in [0.4, 0.5) is 0 Å². The van der Waals surface area contributed by atoms with Gasteiger partial charge in [0.1, 0.15) is 0 Å². The third-order valence-corrected chi connectivity index (χ3v) is 4.95. The van der Waals surface area contributed by atoms with E-state index in [0.717, 1.165) is 29.1 Å². The van der Waals surface area contributed by atoms with Gasteiger partial charge in [-0.05, 0) is 48.0 Å². The summed E-state index contributed by atoms with van der Waals surface area (Å²) in [6.45, 7) is 2.89. The molecule has 0 amide bonds. The summed E-state index contributed by atoms with van der Waals surface area (Å²) in [4.78, 5) is 0. The van der Waals surface area contributed by atoms with Gasteiger partial charge in [-0.3, -0.25) is 5.10 Å². The number of hydrogen-bond donors (Lipinski definition) is 1. The van der Waals surface area contributed by atoms with Crippen molar-refractivity contribution in [2.45, 2.75) is 39.0 Å². The molecular weight excluding hydrogens is 396 g/mol. The molecule has 2 aromatic carbocycles. The quantitative estimate of drug-likeness (QED) is 0.255. The molecule has 0 radical (unpaired) electrons. The molecule has 3 aromatic rings. The minimum atomic E-state index is 0.455. The maximum absolute atomic E-state index is 5.88. The normalized spacial score (nSPS) is 11.1. The summed E-state index contributed by atoms with van der Waals surface area (Å²) in [7, 11) is 1.64. The van der Waals surface area contributed by atoms with Crippen LogP contribution in [0.25, 0.3) is 0 Å². The van der Waals surface area contributed by atoms with E-state index >= 15 is 0 Å². The maximum Gasteiger partial charge on any atom is 0.216 e. The molecule has 1 heterocycles. The van der Waals surface area contributed by atoms with E-state index in [1.165, 1.54) is 19.3 Å². The fraction of sp³-hybridized carbons (Fsp3) is 0.348. The molecule has 0 saturated heterocycles. The van der Waals surface area contributed by atoms with Crippen LogP contribution in [0.15, 0.2) is 53.6 Å². The van der Waals surface area contributed by atoms with Gasteiger partial charge in [0.05, 0.1) is 19.9 Å². The fourth-order valence-corrected chi connectivity index (χ4v) is 3.25. The monoisotopic (exact) mass is 424 g/mol. The van der Waals surface area contributed by atoms with Gasteiger partial charge in [-0.25, -0.2) is 0 Å². The molecule has 7 heteroatoms. The first-order valence-corrected chi connectivity index (χ1v) is 10.7. The Morgan fingerprint density at radius 3 is 2.70 bits per heavy atom. The number of rotatable bonds is 11. The topological polar surface area (TPSA) is 64.4 Å². The van der Waals surface area contributed by atoms with Gasteiger partial charge in [0.2, 0.25) is 4.77 Å². The molecule has 0 unspecified atom stereocenters. The number of methoxy groups -OCH3 is 1. The summed E-state index contributed by atoms with van der Waals surface area (Å²) in [5, 5.41) is 11.7. The average Bonchev–Trinajstić information content (AvgIpc) is 3.12. The molecule has 3 rings (SSSR count). The second-order valence-electron chi connectivity index (χ2n) is 6.98. The Labute approximate surface area is 182 Å². The lowest BCUT2D eigenvalue weighted by atomic mass is 10.1. The number of nitrogens with one attached hydrogen (secondary N) is 1. The highest BCUT2D eigenvalue weighted by Crippen LogP contribution is 2.28. The second kappa shape index (κ2) is 11.3. The summed E-state index contributed by atoms with van der Waals surface area (Å²) in [5.41, 5.74) is 2.03. The van der Waals surface area contributed by atoms with Crippen molar-refractivity contribution in [1.82, 2.24) is 14.9 Å². The number of aromatic nitrogens is 3. The molecule has 0 aliphatic heterocycles. The van der Waals surface area contributed by atoms with Crippen LogP contribution in [0, 0.1) is 4.77 Å². The van der Waals surface area contributed by atoms with Gasteiger partial charge in [-0.1, -0.05) is 56.5 Å². The molecule has 158 valence electrons. The number of aromatic amines is 1. The minimum absolute atomic E-state index is 0.455. The summed E-state index contributed by atoms with van der Waals surface area (Å²) in [6.07, 6.45) is 7.06. The Kier molecular flexibility index (Phi) is 8.20. The number of unbranched alkanes of at least 4 members (excludes halogenated alkanes) is 3. The molecule has 0 aliphatic rings. The summed E-state index contributed by atoms with van der Waals surface area (Å²) < 4.78 is 13.5.